The van der Waals surface area contributed by atoms with E-state index in [1.165, 1.54) is 11.1 Å². The van der Waals surface area contributed by atoms with Crippen LogP contribution < -0.4 is 3.32 Å². The number of benzene rings is 1. The molecule has 1 aliphatic carbocycles. The van der Waals surface area contributed by atoms with Crippen LogP contribution in [0.1, 0.15) is 18.9 Å². The Labute approximate surface area is 138 Å². The van der Waals surface area contributed by atoms with Crippen LogP contribution in [0.5, 0.6) is 5.75 Å². The minimum atomic E-state index is -2.86. The zero-order valence-corrected chi connectivity index (χ0v) is 18.1. The second-order valence-electron chi connectivity index (χ2n) is 6.65. The molecule has 1 aromatic carbocycles. The molecule has 0 unspecified atom stereocenters. The summed E-state index contributed by atoms with van der Waals surface area (Å²) in [6.07, 6.45) is 5.63. The molecule has 0 saturated heterocycles. The fourth-order valence-corrected chi connectivity index (χ4v) is 11.4. The van der Waals surface area contributed by atoms with Crippen molar-refractivity contribution in [3.63, 3.8) is 0 Å². The van der Waals surface area contributed by atoms with Crippen LogP contribution in [-0.4, -0.2) is 8.11 Å². The van der Waals surface area contributed by atoms with E-state index in [2.05, 4.69) is 60.7 Å². The number of aryl methyl sites for hydroxylation is 1. The molecule has 0 aromatic heterocycles. The number of halogens is 2. The van der Waals surface area contributed by atoms with Crippen LogP contribution in [0.4, 0.5) is 0 Å². The summed E-state index contributed by atoms with van der Waals surface area (Å²) in [6, 6.07) is 8.46. The van der Waals surface area contributed by atoms with Crippen molar-refractivity contribution in [3.8, 4) is 5.75 Å². The van der Waals surface area contributed by atoms with E-state index in [0.717, 1.165) is 20.3 Å². The molecule has 0 atom stereocenters. The quantitative estimate of drug-likeness (QED) is 0.718. The van der Waals surface area contributed by atoms with Gasteiger partial charge in [-0.1, -0.05) is 0 Å². The van der Waals surface area contributed by atoms with Crippen LogP contribution in [0.15, 0.2) is 45.9 Å². The van der Waals surface area contributed by atoms with Crippen molar-refractivity contribution in [1.29, 1.82) is 0 Å². The van der Waals surface area contributed by atoms with Crippen LogP contribution in [-0.2, 0) is 14.9 Å². The summed E-state index contributed by atoms with van der Waals surface area (Å²) in [5, 5.41) is 4.83. The number of hydrogen-bond acceptors (Lipinski definition) is 1. The zero-order chi connectivity index (χ0) is 13.4. The van der Waals surface area contributed by atoms with Crippen molar-refractivity contribution < 1.29 is 18.3 Å². The molecule has 2 rings (SSSR count). The van der Waals surface area contributed by atoms with Crippen LogP contribution in [0.2, 0.25) is 10.5 Å². The summed E-state index contributed by atoms with van der Waals surface area (Å²) >= 11 is -2.86. The van der Waals surface area contributed by atoms with Crippen molar-refractivity contribution in [3.05, 3.63) is 51.4 Å². The van der Waals surface area contributed by atoms with E-state index in [4.69, 9.17) is 3.32 Å². The van der Waals surface area contributed by atoms with Gasteiger partial charge in [0.15, 0.2) is 0 Å². The first-order valence-corrected chi connectivity index (χ1v) is 16.8. The summed E-state index contributed by atoms with van der Waals surface area (Å²) < 4.78 is 8.19. The van der Waals surface area contributed by atoms with Gasteiger partial charge in [-0.05, 0) is 0 Å². The molecule has 0 radical (unpaired) electrons. The number of hydrogen-bond donors (Lipinski definition) is 0. The van der Waals surface area contributed by atoms with E-state index in [0.29, 0.717) is 0 Å². The number of allylic oxidation sites excluding steroid dienone is 4. The first-order chi connectivity index (χ1) is 8.26. The molecule has 0 spiro atoms. The minimum Gasteiger partial charge on any atom is -0.147 e. The third-order valence-electron chi connectivity index (χ3n) is 3.66. The van der Waals surface area contributed by atoms with E-state index in [1.807, 2.05) is 0 Å². The van der Waals surface area contributed by atoms with E-state index in [-0.39, 0.29) is 24.8 Å². The Kier molecular flexibility index (Phi) is 6.85. The summed E-state index contributed by atoms with van der Waals surface area (Å²) in [5.74, 6) is 1.05. The van der Waals surface area contributed by atoms with Gasteiger partial charge in [0.2, 0.25) is 0 Å². The van der Waals surface area contributed by atoms with Crippen LogP contribution in [0.25, 0.3) is 0 Å². The van der Waals surface area contributed by atoms with Gasteiger partial charge in [0.25, 0.3) is 0 Å². The maximum Gasteiger partial charge on any atom is -0.147 e. The zero-order valence-electron chi connectivity index (χ0n) is 12.9. The molecule has 1 nitrogen and oxygen atoms in total. The minimum absolute atomic E-state index is 0. The molecular weight excluding hydrogens is 343 g/mol. The SMILES string of the molecule is CC1=[C]([Ti]([CH3])([CH3])([SiH3])[O]c2cccc(C)c2)CC=C1.Cl.Cl. The molecule has 1 aliphatic rings. The summed E-state index contributed by atoms with van der Waals surface area (Å²) in [4.78, 5) is 0. The van der Waals surface area contributed by atoms with Crippen LogP contribution in [0, 0.1) is 6.92 Å². The Balaban J connectivity index is 0.00000180. The van der Waals surface area contributed by atoms with Crippen molar-refractivity contribution in [2.45, 2.75) is 30.7 Å². The molecule has 20 heavy (non-hydrogen) atoms. The molecular formula is C15H25Cl2OSiTi. The first kappa shape index (κ1) is 20.0. The summed E-state index contributed by atoms with van der Waals surface area (Å²) in [7, 11) is 1.14. The standard InChI is InChI=1S/C7H8O.C6H7.2CH3.2ClH.H3Si.Ti/c1-6-3-2-4-7(8)5-6;1-6-4-2-3-5-6;;;;;;/h2-5,8H,1H3;2,4H,3H2,1H3;2*1H3;2*1H;1H3;/q;;;;;;;+1/p-1. The maximum absolute atomic E-state index is 6.58. The first-order valence-electron chi connectivity index (χ1n) is 6.61. The van der Waals surface area contributed by atoms with Gasteiger partial charge >= 0.3 is 114 Å². The number of rotatable bonds is 3. The molecule has 0 saturated carbocycles. The molecule has 5 heteroatoms. The van der Waals surface area contributed by atoms with Gasteiger partial charge in [0.05, 0.1) is 0 Å². The predicted molar refractivity (Wildman–Crippen MR) is 94.4 cm³/mol. The Morgan fingerprint density at radius 2 is 1.80 bits per heavy atom. The monoisotopic (exact) mass is 367 g/mol. The average molecular weight is 368 g/mol. The largest absolute Gasteiger partial charge is 0.147 e. The molecule has 0 heterocycles. The van der Waals surface area contributed by atoms with Gasteiger partial charge in [-0.15, -0.1) is 24.8 Å². The third kappa shape index (κ3) is 4.51. The molecule has 1 aromatic rings. The predicted octanol–water partition coefficient (Wildman–Crippen LogP) is 4.43. The molecule has 113 valence electrons. The van der Waals surface area contributed by atoms with Crippen molar-refractivity contribution in [2.24, 2.45) is 0 Å². The molecule has 0 bridgehead atoms. The second kappa shape index (κ2) is 6.85. The van der Waals surface area contributed by atoms with Crippen LogP contribution in [0.3, 0.4) is 0 Å². The Morgan fingerprint density at radius 1 is 1.15 bits per heavy atom. The van der Waals surface area contributed by atoms with Crippen molar-refractivity contribution >= 4 is 32.9 Å². The normalized spacial score (nSPS) is 16.1. The van der Waals surface area contributed by atoms with E-state index in [1.54, 1.807) is 3.88 Å². The van der Waals surface area contributed by atoms with E-state index < -0.39 is 14.9 Å². The smallest absolute Gasteiger partial charge is 0.147 e. The molecule has 0 aliphatic heterocycles. The summed E-state index contributed by atoms with van der Waals surface area (Å²) in [5.41, 5.74) is 2.71. The van der Waals surface area contributed by atoms with E-state index in [9.17, 15) is 0 Å². The van der Waals surface area contributed by atoms with Gasteiger partial charge < -0.3 is 0 Å². The Morgan fingerprint density at radius 3 is 2.30 bits per heavy atom. The van der Waals surface area contributed by atoms with E-state index >= 15 is 0 Å². The van der Waals surface area contributed by atoms with Gasteiger partial charge in [-0.2, -0.15) is 0 Å². The van der Waals surface area contributed by atoms with Gasteiger partial charge in [-0.3, -0.25) is 0 Å². The fraction of sp³-hybridized carbons (Fsp3) is 0.333. The molecule has 0 amide bonds. The van der Waals surface area contributed by atoms with Gasteiger partial charge in [0, 0.05) is 0 Å². The fourth-order valence-electron chi connectivity index (χ4n) is 2.79. The third-order valence-corrected chi connectivity index (χ3v) is 12.6. The Hall–Kier alpha value is 0.0112. The molecule has 0 fully saturated rings. The molecule has 0 N–H and O–H groups in total. The maximum atomic E-state index is 6.58. The van der Waals surface area contributed by atoms with Crippen LogP contribution >= 0.6 is 24.8 Å². The topological polar surface area (TPSA) is 9.23 Å². The van der Waals surface area contributed by atoms with Gasteiger partial charge in [0.1, 0.15) is 0 Å². The van der Waals surface area contributed by atoms with Gasteiger partial charge in [-0.25, -0.2) is 0 Å². The summed E-state index contributed by atoms with van der Waals surface area (Å²) in [6.45, 7) is 4.35. The second-order valence-corrected chi connectivity index (χ2v) is 29.2. The average Bonchev–Trinajstić information content (AvgIpc) is 2.63. The Bertz CT molecular complexity index is 544. The van der Waals surface area contributed by atoms with Crippen molar-refractivity contribution in [2.75, 3.05) is 0 Å². The van der Waals surface area contributed by atoms with Crippen molar-refractivity contribution in [1.82, 2.24) is 0 Å².